The molecule has 0 saturated carbocycles. The quantitative estimate of drug-likeness (QED) is 0.777. The summed E-state index contributed by atoms with van der Waals surface area (Å²) in [6, 6.07) is -1.14. The van der Waals surface area contributed by atoms with Crippen molar-refractivity contribution < 1.29 is 19.5 Å². The highest BCUT2D eigenvalue weighted by molar-refractivity contribution is 8.00. The Labute approximate surface area is 129 Å². The zero-order chi connectivity index (χ0) is 16.2. The summed E-state index contributed by atoms with van der Waals surface area (Å²) in [6.45, 7) is 3.91. The first-order valence-electron chi connectivity index (χ1n) is 6.92. The van der Waals surface area contributed by atoms with Crippen molar-refractivity contribution >= 4 is 29.7 Å². The molecule has 21 heavy (non-hydrogen) atoms. The van der Waals surface area contributed by atoms with Gasteiger partial charge >= 0.3 is 12.0 Å². The van der Waals surface area contributed by atoms with Gasteiger partial charge in [0.05, 0.1) is 11.3 Å². The number of urea groups is 1. The van der Waals surface area contributed by atoms with Crippen molar-refractivity contribution in [3.05, 3.63) is 0 Å². The van der Waals surface area contributed by atoms with E-state index in [1.54, 1.807) is 21.0 Å². The molecule has 1 aliphatic heterocycles. The fourth-order valence-corrected chi connectivity index (χ4v) is 3.68. The molecule has 1 saturated heterocycles. The number of nitrogens with one attached hydrogen (secondary N) is 1. The average Bonchev–Trinajstić information content (AvgIpc) is 2.89. The smallest absolute Gasteiger partial charge is 0.327 e. The summed E-state index contributed by atoms with van der Waals surface area (Å²) in [7, 11) is 3.14. The highest BCUT2D eigenvalue weighted by Gasteiger charge is 2.42. The number of carbonyl (C=O) groups is 3. The van der Waals surface area contributed by atoms with Crippen LogP contribution in [-0.2, 0) is 9.59 Å². The molecule has 0 aromatic heterocycles. The molecule has 120 valence electrons. The lowest BCUT2D eigenvalue weighted by Gasteiger charge is -2.32. The molecular formula is C13H23N3O4S. The van der Waals surface area contributed by atoms with Gasteiger partial charge in [0.15, 0.2) is 0 Å². The van der Waals surface area contributed by atoms with Crippen molar-refractivity contribution in [1.82, 2.24) is 15.1 Å². The molecule has 0 aliphatic carbocycles. The van der Waals surface area contributed by atoms with Crippen LogP contribution in [-0.4, -0.2) is 70.6 Å². The lowest BCUT2D eigenvalue weighted by molar-refractivity contribution is -0.141. The van der Waals surface area contributed by atoms with Crippen molar-refractivity contribution in [3.8, 4) is 0 Å². The van der Waals surface area contributed by atoms with Crippen LogP contribution in [0.4, 0.5) is 4.79 Å². The van der Waals surface area contributed by atoms with E-state index in [0.29, 0.717) is 12.2 Å². The van der Waals surface area contributed by atoms with Gasteiger partial charge in [0.25, 0.3) is 0 Å². The largest absolute Gasteiger partial charge is 0.480 e. The second-order valence-corrected chi connectivity index (χ2v) is 6.35. The Morgan fingerprint density at radius 3 is 2.57 bits per heavy atom. The van der Waals surface area contributed by atoms with Crippen molar-refractivity contribution in [3.63, 3.8) is 0 Å². The topological polar surface area (TPSA) is 90.0 Å². The first-order chi connectivity index (χ1) is 9.83. The third-order valence-corrected chi connectivity index (χ3v) is 4.97. The predicted octanol–water partition coefficient (Wildman–Crippen LogP) is 0.658. The summed E-state index contributed by atoms with van der Waals surface area (Å²) in [6.07, 6.45) is 0.693. The molecule has 0 spiro atoms. The number of rotatable bonds is 5. The van der Waals surface area contributed by atoms with E-state index in [-0.39, 0.29) is 29.8 Å². The molecule has 3 atom stereocenters. The van der Waals surface area contributed by atoms with Crippen LogP contribution in [0.15, 0.2) is 0 Å². The van der Waals surface area contributed by atoms with Crippen LogP contribution < -0.4 is 5.32 Å². The number of hydrogen-bond donors (Lipinski definition) is 2. The second-order valence-electron chi connectivity index (χ2n) is 5.14. The minimum absolute atomic E-state index is 0.128. The van der Waals surface area contributed by atoms with E-state index in [1.807, 2.05) is 6.92 Å². The van der Waals surface area contributed by atoms with Crippen LogP contribution in [0.2, 0.25) is 0 Å². The minimum atomic E-state index is -0.987. The van der Waals surface area contributed by atoms with Crippen LogP contribution in [0, 0.1) is 5.92 Å². The molecule has 7 nitrogen and oxygen atoms in total. The molecule has 0 aromatic rings. The number of aliphatic carboxylic acids is 1. The third kappa shape index (κ3) is 4.03. The number of hydrogen-bond acceptors (Lipinski definition) is 4. The van der Waals surface area contributed by atoms with E-state index < -0.39 is 12.0 Å². The number of carboxylic acids is 1. The van der Waals surface area contributed by atoms with Gasteiger partial charge in [-0.15, -0.1) is 11.8 Å². The van der Waals surface area contributed by atoms with Crippen molar-refractivity contribution in [2.24, 2.45) is 5.92 Å². The molecule has 1 heterocycles. The fourth-order valence-electron chi connectivity index (χ4n) is 2.34. The van der Waals surface area contributed by atoms with E-state index in [4.69, 9.17) is 0 Å². The summed E-state index contributed by atoms with van der Waals surface area (Å²) in [5, 5.41) is 11.7. The maximum atomic E-state index is 12.5. The fraction of sp³-hybridized carbons (Fsp3) is 0.769. The van der Waals surface area contributed by atoms with Gasteiger partial charge in [-0.3, -0.25) is 9.69 Å². The molecule has 2 N–H and O–H groups in total. The van der Waals surface area contributed by atoms with Gasteiger partial charge in [0.2, 0.25) is 5.91 Å². The first-order valence-corrected chi connectivity index (χ1v) is 7.97. The lowest BCUT2D eigenvalue weighted by Crippen LogP contribution is -2.51. The summed E-state index contributed by atoms with van der Waals surface area (Å²) >= 11 is 1.48. The van der Waals surface area contributed by atoms with E-state index >= 15 is 0 Å². The minimum Gasteiger partial charge on any atom is -0.480 e. The lowest BCUT2D eigenvalue weighted by atomic mass is 10.1. The Morgan fingerprint density at radius 1 is 1.48 bits per heavy atom. The zero-order valence-electron chi connectivity index (χ0n) is 12.8. The van der Waals surface area contributed by atoms with Gasteiger partial charge in [0, 0.05) is 26.4 Å². The Kier molecular flexibility index (Phi) is 6.32. The van der Waals surface area contributed by atoms with Crippen molar-refractivity contribution in [2.45, 2.75) is 31.7 Å². The number of carbonyl (C=O) groups excluding carboxylic acids is 2. The van der Waals surface area contributed by atoms with Crippen LogP contribution in [0.1, 0.15) is 20.3 Å². The molecule has 1 fully saturated rings. The van der Waals surface area contributed by atoms with Crippen LogP contribution >= 0.6 is 11.8 Å². The molecule has 3 unspecified atom stereocenters. The third-order valence-electron chi connectivity index (χ3n) is 3.52. The van der Waals surface area contributed by atoms with Crippen molar-refractivity contribution in [2.75, 3.05) is 26.4 Å². The monoisotopic (exact) mass is 317 g/mol. The van der Waals surface area contributed by atoms with E-state index in [1.165, 1.54) is 21.6 Å². The number of thioether (sulfide) groups is 1. The molecular weight excluding hydrogens is 294 g/mol. The van der Waals surface area contributed by atoms with E-state index in [0.717, 1.165) is 0 Å². The molecule has 0 bridgehead atoms. The van der Waals surface area contributed by atoms with Gasteiger partial charge in [-0.2, -0.15) is 0 Å². The Morgan fingerprint density at radius 2 is 2.10 bits per heavy atom. The SMILES string of the molecule is CCC1SCC(C(=O)O)N1C(=O)N(C)CC(C)C(=O)NC. The Bertz CT molecular complexity index is 418. The molecule has 0 aromatic carbocycles. The summed E-state index contributed by atoms with van der Waals surface area (Å²) in [4.78, 5) is 38.2. The second kappa shape index (κ2) is 7.53. The zero-order valence-corrected chi connectivity index (χ0v) is 13.6. The normalized spacial score (nSPS) is 22.8. The van der Waals surface area contributed by atoms with Gasteiger partial charge in [-0.05, 0) is 6.42 Å². The Hall–Kier alpha value is -1.44. The van der Waals surface area contributed by atoms with Gasteiger partial charge in [-0.25, -0.2) is 9.59 Å². The summed E-state index contributed by atoms with van der Waals surface area (Å²) in [5.74, 6) is -1.08. The van der Waals surface area contributed by atoms with Gasteiger partial charge in [0.1, 0.15) is 6.04 Å². The number of amides is 3. The Balaban J connectivity index is 2.78. The van der Waals surface area contributed by atoms with Gasteiger partial charge in [-0.1, -0.05) is 13.8 Å². The van der Waals surface area contributed by atoms with Crippen LogP contribution in [0.3, 0.4) is 0 Å². The highest BCUT2D eigenvalue weighted by atomic mass is 32.2. The average molecular weight is 317 g/mol. The summed E-state index contributed by atoms with van der Waals surface area (Å²) in [5.41, 5.74) is 0. The van der Waals surface area contributed by atoms with Gasteiger partial charge < -0.3 is 15.3 Å². The predicted molar refractivity (Wildman–Crippen MR) is 81.1 cm³/mol. The van der Waals surface area contributed by atoms with Crippen LogP contribution in [0.5, 0.6) is 0 Å². The van der Waals surface area contributed by atoms with E-state index in [9.17, 15) is 19.5 Å². The molecule has 3 amide bonds. The molecule has 1 rings (SSSR count). The number of carboxylic acid groups (broad SMARTS) is 1. The summed E-state index contributed by atoms with van der Waals surface area (Å²) < 4.78 is 0. The van der Waals surface area contributed by atoms with Crippen LogP contribution in [0.25, 0.3) is 0 Å². The molecule has 1 aliphatic rings. The van der Waals surface area contributed by atoms with E-state index in [2.05, 4.69) is 5.32 Å². The standard InChI is InChI=1S/C13H23N3O4S/c1-5-10-16(9(7-21-10)12(18)19)13(20)15(4)6-8(2)11(17)14-3/h8-10H,5-7H2,1-4H3,(H,14,17)(H,18,19). The molecule has 0 radical (unpaired) electrons. The maximum absolute atomic E-state index is 12.5. The maximum Gasteiger partial charge on any atom is 0.327 e. The number of nitrogens with zero attached hydrogens (tertiary/aromatic N) is 2. The molecule has 8 heteroatoms. The van der Waals surface area contributed by atoms with Crippen molar-refractivity contribution in [1.29, 1.82) is 0 Å². The first kappa shape index (κ1) is 17.6. The highest BCUT2D eigenvalue weighted by Crippen LogP contribution is 2.32.